The van der Waals surface area contributed by atoms with Gasteiger partial charge in [-0.3, -0.25) is 4.90 Å². The van der Waals surface area contributed by atoms with Crippen LogP contribution in [0.15, 0.2) is 22.7 Å². The van der Waals surface area contributed by atoms with Crippen molar-refractivity contribution in [1.82, 2.24) is 9.80 Å². The number of hydrogen-bond donors (Lipinski definition) is 0. The summed E-state index contributed by atoms with van der Waals surface area (Å²) in [5, 5.41) is 0. The van der Waals surface area contributed by atoms with Gasteiger partial charge in [-0.2, -0.15) is 0 Å². The third-order valence-corrected chi connectivity index (χ3v) is 4.27. The summed E-state index contributed by atoms with van der Waals surface area (Å²) >= 11 is 3.58. The Balaban J connectivity index is 2.01. The highest BCUT2D eigenvalue weighted by Gasteiger charge is 2.17. The number of rotatable bonds is 5. The van der Waals surface area contributed by atoms with Crippen LogP contribution in [0.5, 0.6) is 5.75 Å². The van der Waals surface area contributed by atoms with Crippen molar-refractivity contribution in [2.45, 2.75) is 20.4 Å². The average molecular weight is 327 g/mol. The fourth-order valence-corrected chi connectivity index (χ4v) is 3.01. The van der Waals surface area contributed by atoms with Crippen LogP contribution in [0.2, 0.25) is 0 Å². The highest BCUT2D eigenvalue weighted by molar-refractivity contribution is 9.10. The summed E-state index contributed by atoms with van der Waals surface area (Å²) in [7, 11) is 0. The summed E-state index contributed by atoms with van der Waals surface area (Å²) in [6.45, 7) is 11.8. The second-order valence-electron chi connectivity index (χ2n) is 4.87. The average Bonchev–Trinajstić information content (AvgIpc) is 2.43. The zero-order chi connectivity index (χ0) is 13.7. The van der Waals surface area contributed by atoms with Crippen molar-refractivity contribution in [2.24, 2.45) is 0 Å². The van der Waals surface area contributed by atoms with Gasteiger partial charge in [-0.1, -0.05) is 19.1 Å². The second-order valence-corrected chi connectivity index (χ2v) is 5.73. The third kappa shape index (κ3) is 3.94. The van der Waals surface area contributed by atoms with Crippen LogP contribution in [-0.2, 0) is 6.54 Å². The summed E-state index contributed by atoms with van der Waals surface area (Å²) in [4.78, 5) is 5.01. The van der Waals surface area contributed by atoms with Crippen molar-refractivity contribution in [3.05, 3.63) is 28.2 Å². The van der Waals surface area contributed by atoms with Crippen LogP contribution in [0.1, 0.15) is 19.4 Å². The van der Waals surface area contributed by atoms with E-state index in [2.05, 4.69) is 44.8 Å². The molecule has 0 radical (unpaired) electrons. The van der Waals surface area contributed by atoms with Gasteiger partial charge in [0.2, 0.25) is 0 Å². The lowest BCUT2D eigenvalue weighted by Crippen LogP contribution is -2.45. The maximum absolute atomic E-state index is 5.77. The van der Waals surface area contributed by atoms with E-state index in [4.69, 9.17) is 4.74 Å². The summed E-state index contributed by atoms with van der Waals surface area (Å²) in [6.07, 6.45) is 0. The van der Waals surface area contributed by atoms with Gasteiger partial charge in [0, 0.05) is 38.3 Å². The molecular weight excluding hydrogens is 304 g/mol. The van der Waals surface area contributed by atoms with E-state index in [-0.39, 0.29) is 0 Å². The van der Waals surface area contributed by atoms with Crippen molar-refractivity contribution in [1.29, 1.82) is 0 Å². The number of nitrogens with zero attached hydrogens (tertiary/aromatic N) is 2. The van der Waals surface area contributed by atoms with E-state index < -0.39 is 0 Å². The minimum Gasteiger partial charge on any atom is -0.492 e. The SMILES string of the molecule is CCOc1c(Br)cccc1CN1CCN(CC)CC1. The monoisotopic (exact) mass is 326 g/mol. The smallest absolute Gasteiger partial charge is 0.137 e. The Morgan fingerprint density at radius 2 is 1.79 bits per heavy atom. The first-order chi connectivity index (χ1) is 9.24. The molecule has 0 aromatic heterocycles. The largest absolute Gasteiger partial charge is 0.492 e. The van der Waals surface area contributed by atoms with Gasteiger partial charge in [-0.15, -0.1) is 0 Å². The van der Waals surface area contributed by atoms with Crippen LogP contribution in [0.3, 0.4) is 0 Å². The Morgan fingerprint density at radius 3 is 2.42 bits per heavy atom. The molecule has 1 aromatic carbocycles. The van der Waals surface area contributed by atoms with Gasteiger partial charge in [0.05, 0.1) is 11.1 Å². The van der Waals surface area contributed by atoms with E-state index >= 15 is 0 Å². The van der Waals surface area contributed by atoms with Crippen molar-refractivity contribution in [3.63, 3.8) is 0 Å². The Hall–Kier alpha value is -0.580. The normalized spacial score (nSPS) is 17.6. The fraction of sp³-hybridized carbons (Fsp3) is 0.600. The predicted molar refractivity (Wildman–Crippen MR) is 82.7 cm³/mol. The lowest BCUT2D eigenvalue weighted by atomic mass is 10.1. The fourth-order valence-electron chi connectivity index (χ4n) is 2.49. The molecule has 1 aromatic rings. The Kier molecular flexibility index (Phi) is 5.67. The molecule has 0 N–H and O–H groups in total. The van der Waals surface area contributed by atoms with Crippen molar-refractivity contribution < 1.29 is 4.74 Å². The standard InChI is InChI=1S/C15H23BrN2O/c1-3-17-8-10-18(11-9-17)12-13-6-5-7-14(16)15(13)19-4-2/h5-7H,3-4,8-12H2,1-2H3. The van der Waals surface area contributed by atoms with Crippen molar-refractivity contribution >= 4 is 15.9 Å². The Morgan fingerprint density at radius 1 is 1.11 bits per heavy atom. The Labute approximate surface area is 124 Å². The lowest BCUT2D eigenvalue weighted by Gasteiger charge is -2.34. The first kappa shape index (κ1) is 14.8. The van der Waals surface area contributed by atoms with Crippen molar-refractivity contribution in [2.75, 3.05) is 39.3 Å². The molecule has 0 bridgehead atoms. The highest BCUT2D eigenvalue weighted by Crippen LogP contribution is 2.30. The van der Waals surface area contributed by atoms with E-state index in [1.165, 1.54) is 18.7 Å². The van der Waals surface area contributed by atoms with Gasteiger partial charge in [0.25, 0.3) is 0 Å². The highest BCUT2D eigenvalue weighted by atomic mass is 79.9. The van der Waals surface area contributed by atoms with Crippen LogP contribution in [0.25, 0.3) is 0 Å². The van der Waals surface area contributed by atoms with E-state index in [0.717, 1.165) is 36.4 Å². The number of piperazine rings is 1. The van der Waals surface area contributed by atoms with E-state index in [0.29, 0.717) is 6.61 Å². The van der Waals surface area contributed by atoms with E-state index in [1.54, 1.807) is 0 Å². The zero-order valence-electron chi connectivity index (χ0n) is 11.9. The van der Waals surface area contributed by atoms with Crippen LogP contribution < -0.4 is 4.74 Å². The summed E-state index contributed by atoms with van der Waals surface area (Å²) < 4.78 is 6.82. The molecule has 0 aliphatic carbocycles. The predicted octanol–water partition coefficient (Wildman–Crippen LogP) is 2.99. The third-order valence-electron chi connectivity index (χ3n) is 3.64. The first-order valence-electron chi connectivity index (χ1n) is 7.09. The molecule has 1 heterocycles. The number of ether oxygens (including phenoxy) is 1. The summed E-state index contributed by atoms with van der Waals surface area (Å²) in [6, 6.07) is 6.30. The number of para-hydroxylation sites is 1. The van der Waals surface area contributed by atoms with Gasteiger partial charge >= 0.3 is 0 Å². The summed E-state index contributed by atoms with van der Waals surface area (Å²) in [5.41, 5.74) is 1.28. The van der Waals surface area contributed by atoms with Gasteiger partial charge in [-0.05, 0) is 35.5 Å². The minimum atomic E-state index is 0.708. The maximum Gasteiger partial charge on any atom is 0.137 e. The quantitative estimate of drug-likeness (QED) is 0.827. The molecule has 0 spiro atoms. The lowest BCUT2D eigenvalue weighted by molar-refractivity contribution is 0.131. The number of halogens is 1. The second kappa shape index (κ2) is 7.27. The molecule has 4 heteroatoms. The molecule has 1 aliphatic heterocycles. The Bertz CT molecular complexity index is 403. The first-order valence-corrected chi connectivity index (χ1v) is 7.88. The number of benzene rings is 1. The van der Waals surface area contributed by atoms with Crippen LogP contribution in [0, 0.1) is 0 Å². The molecule has 0 amide bonds. The summed E-state index contributed by atoms with van der Waals surface area (Å²) in [5.74, 6) is 1.00. The number of likely N-dealkylation sites (N-methyl/N-ethyl adjacent to an activating group) is 1. The molecule has 106 valence electrons. The molecule has 1 fully saturated rings. The minimum absolute atomic E-state index is 0.708. The van der Waals surface area contributed by atoms with Crippen molar-refractivity contribution in [3.8, 4) is 5.75 Å². The van der Waals surface area contributed by atoms with Crippen LogP contribution in [0.4, 0.5) is 0 Å². The van der Waals surface area contributed by atoms with Gasteiger partial charge in [-0.25, -0.2) is 0 Å². The topological polar surface area (TPSA) is 15.7 Å². The zero-order valence-corrected chi connectivity index (χ0v) is 13.4. The van der Waals surface area contributed by atoms with Gasteiger partial charge in [0.1, 0.15) is 5.75 Å². The molecule has 0 saturated carbocycles. The van der Waals surface area contributed by atoms with Gasteiger partial charge in [0.15, 0.2) is 0 Å². The molecular formula is C15H23BrN2O. The number of hydrogen-bond acceptors (Lipinski definition) is 3. The van der Waals surface area contributed by atoms with Crippen LogP contribution in [-0.4, -0.2) is 49.1 Å². The van der Waals surface area contributed by atoms with Gasteiger partial charge < -0.3 is 9.64 Å². The van der Waals surface area contributed by atoms with E-state index in [9.17, 15) is 0 Å². The molecule has 0 atom stereocenters. The molecule has 0 unspecified atom stereocenters. The maximum atomic E-state index is 5.77. The van der Waals surface area contributed by atoms with Crippen LogP contribution >= 0.6 is 15.9 Å². The molecule has 3 nitrogen and oxygen atoms in total. The molecule has 19 heavy (non-hydrogen) atoms. The van der Waals surface area contributed by atoms with E-state index in [1.807, 2.05) is 13.0 Å². The molecule has 1 saturated heterocycles. The molecule has 1 aliphatic rings. The molecule has 2 rings (SSSR count).